The average molecular weight is 256 g/mol. The van der Waals surface area contributed by atoms with E-state index >= 15 is 0 Å². The second kappa shape index (κ2) is 5.53. The molecule has 1 aromatic carbocycles. The van der Waals surface area contributed by atoms with Gasteiger partial charge in [0.1, 0.15) is 0 Å². The second-order valence-electron chi connectivity index (χ2n) is 6.42. The molecule has 2 rings (SSSR count). The summed E-state index contributed by atoms with van der Waals surface area (Å²) in [7, 11) is 0. The molecule has 0 saturated carbocycles. The first-order valence-electron chi connectivity index (χ1n) is 7.87. The molecule has 0 spiro atoms. The van der Waals surface area contributed by atoms with Gasteiger partial charge >= 0.3 is 0 Å². The molecule has 0 nitrogen and oxygen atoms in total. The van der Waals surface area contributed by atoms with Gasteiger partial charge in [0.05, 0.1) is 0 Å². The normalized spacial score (nSPS) is 14.7. The molecule has 0 aliphatic heterocycles. The predicted molar refractivity (Wildman–Crippen MR) is 85.8 cm³/mol. The highest BCUT2D eigenvalue weighted by molar-refractivity contribution is 5.79. The third-order valence-corrected chi connectivity index (χ3v) is 4.47. The van der Waals surface area contributed by atoms with Crippen LogP contribution in [0.3, 0.4) is 0 Å². The van der Waals surface area contributed by atoms with E-state index in [0.717, 1.165) is 0 Å². The fraction of sp³-hybridized carbons (Fsp3) is 0.579. The van der Waals surface area contributed by atoms with Crippen LogP contribution in [0.25, 0.3) is 5.57 Å². The Kier molecular flexibility index (Phi) is 4.18. The smallest absolute Gasteiger partial charge is 0.00549 e. The lowest BCUT2D eigenvalue weighted by Crippen LogP contribution is -2.00. The minimum atomic E-state index is 0.616. The molecule has 0 N–H and O–H groups in total. The minimum absolute atomic E-state index is 0.616. The molecule has 19 heavy (non-hydrogen) atoms. The van der Waals surface area contributed by atoms with E-state index < -0.39 is 0 Å². The summed E-state index contributed by atoms with van der Waals surface area (Å²) in [5.74, 6) is 1.24. The van der Waals surface area contributed by atoms with E-state index in [1.807, 2.05) is 0 Å². The Morgan fingerprint density at radius 2 is 1.63 bits per heavy atom. The van der Waals surface area contributed by atoms with Gasteiger partial charge in [-0.2, -0.15) is 0 Å². The van der Waals surface area contributed by atoms with Gasteiger partial charge in [0, 0.05) is 0 Å². The summed E-state index contributed by atoms with van der Waals surface area (Å²) in [6.07, 6.45) is 3.57. The van der Waals surface area contributed by atoms with E-state index in [1.54, 1.807) is 27.8 Å². The highest BCUT2D eigenvalue weighted by Crippen LogP contribution is 2.42. The summed E-state index contributed by atoms with van der Waals surface area (Å²) in [5.41, 5.74) is 9.57. The SMILES string of the molecule is CCC1=C(CC)c2c(cc(C(C)C)cc2C(C)C)C1. The molecule has 0 atom stereocenters. The van der Waals surface area contributed by atoms with Crippen molar-refractivity contribution in [2.45, 2.75) is 72.6 Å². The Morgan fingerprint density at radius 1 is 0.947 bits per heavy atom. The quantitative estimate of drug-likeness (QED) is 0.614. The van der Waals surface area contributed by atoms with E-state index in [-0.39, 0.29) is 0 Å². The lowest BCUT2D eigenvalue weighted by Gasteiger charge is -2.18. The van der Waals surface area contributed by atoms with Gasteiger partial charge in [-0.25, -0.2) is 0 Å². The summed E-state index contributed by atoms with van der Waals surface area (Å²) in [6, 6.07) is 4.92. The maximum Gasteiger partial charge on any atom is -0.00549 e. The van der Waals surface area contributed by atoms with Crippen molar-refractivity contribution in [3.8, 4) is 0 Å². The first-order chi connectivity index (χ1) is 8.99. The lowest BCUT2D eigenvalue weighted by atomic mass is 9.86. The van der Waals surface area contributed by atoms with Crippen LogP contribution in [0.1, 0.15) is 88.5 Å². The third kappa shape index (κ3) is 2.50. The Bertz CT molecular complexity index is 501. The van der Waals surface area contributed by atoms with E-state index in [9.17, 15) is 0 Å². The summed E-state index contributed by atoms with van der Waals surface area (Å²) >= 11 is 0. The van der Waals surface area contributed by atoms with Gasteiger partial charge in [0.15, 0.2) is 0 Å². The van der Waals surface area contributed by atoms with Crippen molar-refractivity contribution in [2.24, 2.45) is 0 Å². The zero-order valence-corrected chi connectivity index (χ0v) is 13.4. The van der Waals surface area contributed by atoms with Crippen LogP contribution in [0.15, 0.2) is 17.7 Å². The highest BCUT2D eigenvalue weighted by Gasteiger charge is 2.24. The van der Waals surface area contributed by atoms with Gasteiger partial charge in [-0.1, -0.05) is 59.2 Å². The zero-order valence-electron chi connectivity index (χ0n) is 13.4. The average Bonchev–Trinajstić information content (AvgIpc) is 2.74. The van der Waals surface area contributed by atoms with Crippen molar-refractivity contribution in [3.63, 3.8) is 0 Å². The third-order valence-electron chi connectivity index (χ3n) is 4.47. The molecular weight excluding hydrogens is 228 g/mol. The fourth-order valence-electron chi connectivity index (χ4n) is 3.33. The highest BCUT2D eigenvalue weighted by atomic mass is 14.3. The van der Waals surface area contributed by atoms with Crippen LogP contribution in [0.5, 0.6) is 0 Å². The summed E-state index contributed by atoms with van der Waals surface area (Å²) in [6.45, 7) is 13.9. The number of hydrogen-bond donors (Lipinski definition) is 0. The van der Waals surface area contributed by atoms with Crippen molar-refractivity contribution in [1.29, 1.82) is 0 Å². The van der Waals surface area contributed by atoms with Gasteiger partial charge in [0.2, 0.25) is 0 Å². The van der Waals surface area contributed by atoms with Crippen molar-refractivity contribution >= 4 is 5.57 Å². The van der Waals surface area contributed by atoms with Crippen LogP contribution in [0, 0.1) is 0 Å². The van der Waals surface area contributed by atoms with Crippen LogP contribution >= 0.6 is 0 Å². The van der Waals surface area contributed by atoms with Crippen molar-refractivity contribution < 1.29 is 0 Å². The molecule has 0 saturated heterocycles. The molecular formula is C19H28. The molecule has 0 heteroatoms. The first-order valence-corrected chi connectivity index (χ1v) is 7.87. The zero-order chi connectivity index (χ0) is 14.2. The largest absolute Gasteiger partial charge is 0.0623 e. The molecule has 0 unspecified atom stereocenters. The molecule has 1 aromatic rings. The van der Waals surface area contributed by atoms with Gasteiger partial charge in [-0.3, -0.25) is 0 Å². The summed E-state index contributed by atoms with van der Waals surface area (Å²) in [5, 5.41) is 0. The number of rotatable bonds is 4. The van der Waals surface area contributed by atoms with Crippen LogP contribution in [0.4, 0.5) is 0 Å². The van der Waals surface area contributed by atoms with Gasteiger partial charge in [0.25, 0.3) is 0 Å². The van der Waals surface area contributed by atoms with Crippen LogP contribution in [-0.4, -0.2) is 0 Å². The number of hydrogen-bond acceptors (Lipinski definition) is 0. The molecule has 0 amide bonds. The molecule has 0 heterocycles. The molecule has 0 bridgehead atoms. The minimum Gasteiger partial charge on any atom is -0.0623 e. The molecule has 1 aliphatic carbocycles. The van der Waals surface area contributed by atoms with E-state index in [0.29, 0.717) is 11.8 Å². The fourth-order valence-corrected chi connectivity index (χ4v) is 3.33. The molecule has 104 valence electrons. The van der Waals surface area contributed by atoms with Crippen LogP contribution in [0.2, 0.25) is 0 Å². The molecule has 1 aliphatic rings. The Morgan fingerprint density at radius 3 is 2.11 bits per heavy atom. The van der Waals surface area contributed by atoms with Gasteiger partial charge in [-0.05, 0) is 58.9 Å². The molecule has 0 radical (unpaired) electrons. The lowest BCUT2D eigenvalue weighted by molar-refractivity contribution is 0.827. The number of fused-ring (bicyclic) bond motifs is 1. The topological polar surface area (TPSA) is 0 Å². The summed E-state index contributed by atoms with van der Waals surface area (Å²) in [4.78, 5) is 0. The standard InChI is InChI=1S/C19H28/c1-7-14-9-16-10-15(12(3)4)11-18(13(5)6)19(16)17(14)8-2/h10-13H,7-9H2,1-6H3. The Hall–Kier alpha value is -1.04. The van der Waals surface area contributed by atoms with Crippen LogP contribution in [-0.2, 0) is 6.42 Å². The van der Waals surface area contributed by atoms with Crippen molar-refractivity contribution in [2.75, 3.05) is 0 Å². The van der Waals surface area contributed by atoms with Gasteiger partial charge in [-0.15, -0.1) is 0 Å². The molecule has 0 aromatic heterocycles. The predicted octanol–water partition coefficient (Wildman–Crippen LogP) is 6.06. The Labute approximate surface area is 118 Å². The van der Waals surface area contributed by atoms with E-state index in [4.69, 9.17) is 0 Å². The maximum absolute atomic E-state index is 2.46. The van der Waals surface area contributed by atoms with E-state index in [1.165, 1.54) is 24.8 Å². The monoisotopic (exact) mass is 256 g/mol. The second-order valence-corrected chi connectivity index (χ2v) is 6.42. The number of allylic oxidation sites excluding steroid dienone is 2. The Balaban J connectivity index is 2.63. The van der Waals surface area contributed by atoms with Crippen molar-refractivity contribution in [1.82, 2.24) is 0 Å². The van der Waals surface area contributed by atoms with E-state index in [2.05, 4.69) is 53.7 Å². The van der Waals surface area contributed by atoms with Crippen molar-refractivity contribution in [3.05, 3.63) is 40.0 Å². The van der Waals surface area contributed by atoms with Gasteiger partial charge < -0.3 is 0 Å². The van der Waals surface area contributed by atoms with Crippen LogP contribution < -0.4 is 0 Å². The molecule has 0 fully saturated rings. The number of benzene rings is 1. The summed E-state index contributed by atoms with van der Waals surface area (Å²) < 4.78 is 0. The first kappa shape index (κ1) is 14.4. The maximum atomic E-state index is 2.46.